The Labute approximate surface area is 240 Å². The summed E-state index contributed by atoms with van der Waals surface area (Å²) in [7, 11) is 1.66. The number of halogens is 2. The predicted octanol–water partition coefficient (Wildman–Crippen LogP) is 5.75. The largest absolute Gasteiger partial charge is 0.497 e. The second-order valence-corrected chi connectivity index (χ2v) is 9.87. The lowest BCUT2D eigenvalue weighted by molar-refractivity contribution is -0.121. The fourth-order valence-corrected chi connectivity index (χ4v) is 4.82. The molecule has 0 saturated carbocycles. The average molecular weight is 568 g/mol. The average Bonchev–Trinajstić information content (AvgIpc) is 3.28. The number of amides is 1. The van der Waals surface area contributed by atoms with Crippen molar-refractivity contribution in [1.29, 1.82) is 0 Å². The van der Waals surface area contributed by atoms with Crippen LogP contribution in [0.4, 0.5) is 5.82 Å². The van der Waals surface area contributed by atoms with Gasteiger partial charge in [-0.15, -0.1) is 12.4 Å². The molecule has 1 fully saturated rings. The van der Waals surface area contributed by atoms with Gasteiger partial charge in [0, 0.05) is 42.0 Å². The van der Waals surface area contributed by atoms with Crippen LogP contribution in [0.3, 0.4) is 0 Å². The number of ether oxygens (including phenoxy) is 2. The summed E-state index contributed by atoms with van der Waals surface area (Å²) in [5.74, 6) is 2.29. The number of piperazine rings is 1. The van der Waals surface area contributed by atoms with Crippen LogP contribution in [0.1, 0.15) is 22.4 Å². The molecule has 204 valence electrons. The number of carbonyl (C=O) groups excluding carboxylic acids is 1. The van der Waals surface area contributed by atoms with Crippen LogP contribution in [0.15, 0.2) is 78.9 Å². The van der Waals surface area contributed by atoms with Gasteiger partial charge in [0.25, 0.3) is 0 Å². The number of hydrogen-bond acceptors (Lipinski definition) is 5. The molecule has 0 atom stereocenters. The molecule has 4 aromatic rings. The molecule has 5 rings (SSSR count). The van der Waals surface area contributed by atoms with Gasteiger partial charge in [-0.05, 0) is 48.4 Å². The maximum absolute atomic E-state index is 13.1. The lowest BCUT2D eigenvalue weighted by atomic mass is 10.2. The maximum atomic E-state index is 13.1. The molecule has 0 unspecified atom stereocenters. The molecule has 1 amide bonds. The van der Waals surface area contributed by atoms with E-state index < -0.39 is 0 Å². The quantitative estimate of drug-likeness (QED) is 0.258. The summed E-state index contributed by atoms with van der Waals surface area (Å²) in [6.45, 7) is 5.34. The second kappa shape index (κ2) is 13.0. The Balaban J connectivity index is 0.00000353. The molecule has 7 nitrogen and oxygen atoms in total. The van der Waals surface area contributed by atoms with E-state index in [1.54, 1.807) is 12.0 Å². The molecule has 0 spiro atoms. The highest BCUT2D eigenvalue weighted by molar-refractivity contribution is 6.30. The minimum Gasteiger partial charge on any atom is -0.497 e. The third kappa shape index (κ3) is 7.12. The van der Waals surface area contributed by atoms with Gasteiger partial charge in [-0.1, -0.05) is 54.1 Å². The fourth-order valence-electron chi connectivity index (χ4n) is 4.62. The Hall–Kier alpha value is -3.52. The fraction of sp³-hybridized carbons (Fsp3) is 0.267. The number of nitrogens with zero attached hydrogens (tertiary/aromatic N) is 4. The SMILES string of the molecule is COc1cccc(CN2CCN(c3cc(C)n(Cc4cc(Cl)ccc4OCc4ccccc4)n3)C(=O)C2)c1.Cl. The van der Waals surface area contributed by atoms with Crippen molar-refractivity contribution in [2.24, 2.45) is 0 Å². The van der Waals surface area contributed by atoms with Crippen molar-refractivity contribution in [3.05, 3.63) is 106 Å². The van der Waals surface area contributed by atoms with E-state index in [2.05, 4.69) is 11.0 Å². The van der Waals surface area contributed by atoms with Crippen molar-refractivity contribution in [2.75, 3.05) is 31.6 Å². The first-order chi connectivity index (χ1) is 18.5. The molecule has 39 heavy (non-hydrogen) atoms. The van der Waals surface area contributed by atoms with Gasteiger partial charge in [0.15, 0.2) is 5.82 Å². The summed E-state index contributed by atoms with van der Waals surface area (Å²) in [5.41, 5.74) is 4.11. The van der Waals surface area contributed by atoms with Crippen molar-refractivity contribution in [3.8, 4) is 11.5 Å². The number of methoxy groups -OCH3 is 1. The summed E-state index contributed by atoms with van der Waals surface area (Å²) < 4.78 is 13.3. The van der Waals surface area contributed by atoms with E-state index in [1.807, 2.05) is 84.4 Å². The molecule has 1 aliphatic rings. The number of carbonyl (C=O) groups is 1. The third-order valence-corrected chi connectivity index (χ3v) is 6.90. The summed E-state index contributed by atoms with van der Waals surface area (Å²) in [6, 6.07) is 25.6. The van der Waals surface area contributed by atoms with E-state index in [-0.39, 0.29) is 18.3 Å². The molecule has 1 aromatic heterocycles. The first-order valence-electron chi connectivity index (χ1n) is 12.6. The summed E-state index contributed by atoms with van der Waals surface area (Å²) >= 11 is 6.32. The number of rotatable bonds is 9. The Bertz CT molecular complexity index is 1410. The summed E-state index contributed by atoms with van der Waals surface area (Å²) in [4.78, 5) is 17.0. The zero-order valence-corrected chi connectivity index (χ0v) is 23.6. The van der Waals surface area contributed by atoms with Crippen LogP contribution < -0.4 is 14.4 Å². The van der Waals surface area contributed by atoms with Gasteiger partial charge in [0.05, 0.1) is 20.2 Å². The topological polar surface area (TPSA) is 59.8 Å². The molecular weight excluding hydrogens is 535 g/mol. The highest BCUT2D eigenvalue weighted by Crippen LogP contribution is 2.27. The number of aryl methyl sites for hydroxylation is 1. The van der Waals surface area contributed by atoms with Crippen LogP contribution in [-0.4, -0.2) is 47.3 Å². The van der Waals surface area contributed by atoms with E-state index in [4.69, 9.17) is 26.2 Å². The Kier molecular flexibility index (Phi) is 9.51. The van der Waals surface area contributed by atoms with Gasteiger partial charge < -0.3 is 9.47 Å². The molecule has 0 radical (unpaired) electrons. The molecule has 9 heteroatoms. The van der Waals surface area contributed by atoms with Crippen LogP contribution >= 0.6 is 24.0 Å². The lowest BCUT2D eigenvalue weighted by Gasteiger charge is -2.33. The van der Waals surface area contributed by atoms with E-state index in [1.165, 1.54) is 0 Å². The molecule has 3 aromatic carbocycles. The van der Waals surface area contributed by atoms with E-state index >= 15 is 0 Å². The third-order valence-electron chi connectivity index (χ3n) is 6.66. The van der Waals surface area contributed by atoms with Gasteiger partial charge in [0.1, 0.15) is 18.1 Å². The molecular formula is C30H32Cl2N4O3. The van der Waals surface area contributed by atoms with E-state index in [9.17, 15) is 4.79 Å². The Morgan fingerprint density at radius 3 is 2.49 bits per heavy atom. The minimum atomic E-state index is 0. The van der Waals surface area contributed by atoms with Gasteiger partial charge in [-0.2, -0.15) is 5.10 Å². The first kappa shape index (κ1) is 28.5. The van der Waals surface area contributed by atoms with Crippen molar-refractivity contribution in [2.45, 2.75) is 26.6 Å². The monoisotopic (exact) mass is 566 g/mol. The predicted molar refractivity (Wildman–Crippen MR) is 156 cm³/mol. The van der Waals surface area contributed by atoms with Crippen LogP contribution in [0.25, 0.3) is 0 Å². The van der Waals surface area contributed by atoms with Crippen LogP contribution in [0, 0.1) is 6.92 Å². The summed E-state index contributed by atoms with van der Waals surface area (Å²) in [6.07, 6.45) is 0. The zero-order chi connectivity index (χ0) is 26.5. The first-order valence-corrected chi connectivity index (χ1v) is 13.0. The van der Waals surface area contributed by atoms with E-state index in [0.717, 1.165) is 40.4 Å². The van der Waals surface area contributed by atoms with Crippen molar-refractivity contribution < 1.29 is 14.3 Å². The standard InChI is InChI=1S/C30H31ClN4O3.ClH/c1-22-15-29(34-14-13-33(20-30(34)36)18-24-9-6-10-27(16-24)37-2)32-35(22)19-25-17-26(31)11-12-28(25)38-21-23-7-4-3-5-8-23;/h3-12,15-17H,13-14,18-21H2,1-2H3;1H. The molecule has 1 aliphatic heterocycles. The summed E-state index contributed by atoms with van der Waals surface area (Å²) in [5, 5.41) is 5.43. The number of anilines is 1. The van der Waals surface area contributed by atoms with Crippen LogP contribution in [-0.2, 0) is 24.5 Å². The minimum absolute atomic E-state index is 0. The van der Waals surface area contributed by atoms with Gasteiger partial charge in [-0.3, -0.25) is 19.3 Å². The molecule has 2 heterocycles. The van der Waals surface area contributed by atoms with Crippen molar-refractivity contribution in [3.63, 3.8) is 0 Å². The van der Waals surface area contributed by atoms with Gasteiger partial charge in [-0.25, -0.2) is 0 Å². The van der Waals surface area contributed by atoms with Crippen LogP contribution in [0.2, 0.25) is 5.02 Å². The molecule has 0 aliphatic carbocycles. The Morgan fingerprint density at radius 2 is 1.72 bits per heavy atom. The van der Waals surface area contributed by atoms with Crippen molar-refractivity contribution in [1.82, 2.24) is 14.7 Å². The van der Waals surface area contributed by atoms with E-state index in [0.29, 0.717) is 43.6 Å². The maximum Gasteiger partial charge on any atom is 0.242 e. The zero-order valence-electron chi connectivity index (χ0n) is 22.0. The Morgan fingerprint density at radius 1 is 0.923 bits per heavy atom. The number of hydrogen-bond donors (Lipinski definition) is 0. The molecule has 0 bridgehead atoms. The number of benzene rings is 3. The second-order valence-electron chi connectivity index (χ2n) is 9.44. The van der Waals surface area contributed by atoms with Gasteiger partial charge >= 0.3 is 0 Å². The lowest BCUT2D eigenvalue weighted by Crippen LogP contribution is -2.50. The smallest absolute Gasteiger partial charge is 0.242 e. The number of aromatic nitrogens is 2. The molecule has 1 saturated heterocycles. The van der Waals surface area contributed by atoms with Gasteiger partial charge in [0.2, 0.25) is 5.91 Å². The highest BCUT2D eigenvalue weighted by atomic mass is 35.5. The van der Waals surface area contributed by atoms with Crippen LogP contribution in [0.5, 0.6) is 11.5 Å². The highest BCUT2D eigenvalue weighted by Gasteiger charge is 2.27. The normalized spacial score (nSPS) is 13.7. The van der Waals surface area contributed by atoms with Crippen molar-refractivity contribution >= 4 is 35.7 Å². The molecule has 0 N–H and O–H groups in total.